The fourth-order valence-electron chi connectivity index (χ4n) is 1.89. The molecule has 0 atom stereocenters. The van der Waals surface area contributed by atoms with E-state index >= 15 is 0 Å². The Labute approximate surface area is 121 Å². The van der Waals surface area contributed by atoms with E-state index in [4.69, 9.17) is 5.73 Å². The summed E-state index contributed by atoms with van der Waals surface area (Å²) in [6.07, 6.45) is 2.91. The lowest BCUT2D eigenvalue weighted by atomic mass is 10.2. The second kappa shape index (κ2) is 5.16. The highest BCUT2D eigenvalue weighted by atomic mass is 15.4. The van der Waals surface area contributed by atoms with Gasteiger partial charge in [-0.1, -0.05) is 12.1 Å². The topological polar surface area (TPSA) is 98.6 Å². The molecule has 2 heterocycles. The summed E-state index contributed by atoms with van der Waals surface area (Å²) < 4.78 is 1.44. The van der Waals surface area contributed by atoms with E-state index in [9.17, 15) is 0 Å². The van der Waals surface area contributed by atoms with Crippen molar-refractivity contribution in [1.82, 2.24) is 29.7 Å². The zero-order valence-electron chi connectivity index (χ0n) is 11.7. The van der Waals surface area contributed by atoms with E-state index in [2.05, 4.69) is 25.0 Å². The van der Waals surface area contributed by atoms with E-state index in [0.29, 0.717) is 11.9 Å². The van der Waals surface area contributed by atoms with Crippen LogP contribution in [0.25, 0.3) is 5.95 Å². The van der Waals surface area contributed by atoms with Gasteiger partial charge in [-0.3, -0.25) is 0 Å². The summed E-state index contributed by atoms with van der Waals surface area (Å²) in [6, 6.07) is 8.02. The van der Waals surface area contributed by atoms with Gasteiger partial charge in [0, 0.05) is 12.7 Å². The normalized spacial score (nSPS) is 10.6. The Bertz CT molecular complexity index is 753. The average molecular weight is 282 g/mol. The Morgan fingerprint density at radius 1 is 1.19 bits per heavy atom. The van der Waals surface area contributed by atoms with Gasteiger partial charge < -0.3 is 10.6 Å². The molecule has 0 unspecified atom stereocenters. The van der Waals surface area contributed by atoms with Gasteiger partial charge in [0.1, 0.15) is 12.7 Å². The van der Waals surface area contributed by atoms with Gasteiger partial charge in [-0.2, -0.15) is 24.7 Å². The first-order valence-corrected chi connectivity index (χ1v) is 6.30. The lowest BCUT2D eigenvalue weighted by Crippen LogP contribution is -2.17. The van der Waals surface area contributed by atoms with E-state index < -0.39 is 0 Å². The van der Waals surface area contributed by atoms with Gasteiger partial charge in [0.05, 0.1) is 0 Å². The maximum absolute atomic E-state index is 5.76. The van der Waals surface area contributed by atoms with Crippen LogP contribution in [0.15, 0.2) is 36.9 Å². The predicted octanol–water partition coefficient (Wildman–Crippen LogP) is 1.11. The van der Waals surface area contributed by atoms with Gasteiger partial charge in [-0.05, 0) is 24.6 Å². The maximum atomic E-state index is 5.76. The van der Waals surface area contributed by atoms with E-state index in [0.717, 1.165) is 11.3 Å². The number of rotatable bonds is 3. The zero-order valence-corrected chi connectivity index (χ0v) is 11.7. The molecule has 0 spiro atoms. The minimum atomic E-state index is 0.130. The Hall–Kier alpha value is -3.03. The average Bonchev–Trinajstić information content (AvgIpc) is 3.00. The van der Waals surface area contributed by atoms with Gasteiger partial charge in [0.15, 0.2) is 0 Å². The molecule has 0 saturated heterocycles. The molecule has 3 aromatic rings. The lowest BCUT2D eigenvalue weighted by Gasteiger charge is -2.18. The second-order valence-electron chi connectivity index (χ2n) is 4.53. The molecule has 0 bridgehead atoms. The number of nitrogen functional groups attached to an aromatic ring is 1. The smallest absolute Gasteiger partial charge is 0.258 e. The molecule has 0 fully saturated rings. The van der Waals surface area contributed by atoms with Crippen LogP contribution in [0.2, 0.25) is 0 Å². The van der Waals surface area contributed by atoms with Crippen molar-refractivity contribution < 1.29 is 0 Å². The summed E-state index contributed by atoms with van der Waals surface area (Å²) in [4.78, 5) is 18.3. The van der Waals surface area contributed by atoms with Crippen molar-refractivity contribution in [2.24, 2.45) is 0 Å². The lowest BCUT2D eigenvalue weighted by molar-refractivity contribution is 0.793. The van der Waals surface area contributed by atoms with Crippen LogP contribution in [-0.4, -0.2) is 36.8 Å². The molecule has 8 heteroatoms. The molecular formula is C13H14N8. The number of hydrogen-bond acceptors (Lipinski definition) is 7. The zero-order chi connectivity index (χ0) is 14.8. The van der Waals surface area contributed by atoms with Crippen LogP contribution in [0.3, 0.4) is 0 Å². The quantitative estimate of drug-likeness (QED) is 0.768. The summed E-state index contributed by atoms with van der Waals surface area (Å²) in [5, 5.41) is 3.99. The highest BCUT2D eigenvalue weighted by molar-refractivity contribution is 5.58. The number of aryl methyl sites for hydroxylation is 1. The highest BCUT2D eigenvalue weighted by Gasteiger charge is 2.12. The van der Waals surface area contributed by atoms with Crippen molar-refractivity contribution in [2.75, 3.05) is 17.7 Å². The van der Waals surface area contributed by atoms with Crippen molar-refractivity contribution in [2.45, 2.75) is 6.92 Å². The molecule has 2 aromatic heterocycles. The fraction of sp³-hybridized carbons (Fsp3) is 0.154. The Kier molecular flexibility index (Phi) is 3.19. The Morgan fingerprint density at radius 3 is 2.76 bits per heavy atom. The van der Waals surface area contributed by atoms with Crippen LogP contribution >= 0.6 is 0 Å². The molecule has 21 heavy (non-hydrogen) atoms. The van der Waals surface area contributed by atoms with Crippen LogP contribution in [0.4, 0.5) is 17.6 Å². The second-order valence-corrected chi connectivity index (χ2v) is 4.53. The minimum absolute atomic E-state index is 0.130. The summed E-state index contributed by atoms with van der Waals surface area (Å²) in [7, 11) is 1.87. The maximum Gasteiger partial charge on any atom is 0.258 e. The molecule has 0 aliphatic carbocycles. The third-order valence-electron chi connectivity index (χ3n) is 2.94. The molecule has 0 radical (unpaired) electrons. The summed E-state index contributed by atoms with van der Waals surface area (Å²) in [5.74, 6) is 0.901. The minimum Gasteiger partial charge on any atom is -0.368 e. The molecule has 0 aliphatic rings. The molecular weight excluding hydrogens is 268 g/mol. The Morgan fingerprint density at radius 2 is 2.05 bits per heavy atom. The van der Waals surface area contributed by atoms with E-state index in [-0.39, 0.29) is 5.95 Å². The summed E-state index contributed by atoms with van der Waals surface area (Å²) in [6.45, 7) is 2.03. The van der Waals surface area contributed by atoms with Crippen LogP contribution in [-0.2, 0) is 0 Å². The number of nitrogens with zero attached hydrogens (tertiary/aromatic N) is 7. The van der Waals surface area contributed by atoms with Gasteiger partial charge in [-0.25, -0.2) is 4.98 Å². The van der Waals surface area contributed by atoms with E-state index in [1.807, 2.05) is 43.1 Å². The molecule has 8 nitrogen and oxygen atoms in total. The van der Waals surface area contributed by atoms with Gasteiger partial charge in [0.2, 0.25) is 11.9 Å². The van der Waals surface area contributed by atoms with Crippen molar-refractivity contribution in [3.05, 3.63) is 42.5 Å². The predicted molar refractivity (Wildman–Crippen MR) is 78.4 cm³/mol. The van der Waals surface area contributed by atoms with Gasteiger partial charge in [0.25, 0.3) is 5.95 Å². The van der Waals surface area contributed by atoms with Gasteiger partial charge in [-0.15, -0.1) is 0 Å². The molecule has 2 N–H and O–H groups in total. The SMILES string of the molecule is Cc1cccc(N(C)c2nc(N)nc(-n3cncn3)n2)c1. The largest absolute Gasteiger partial charge is 0.368 e. The first-order valence-electron chi connectivity index (χ1n) is 6.30. The Balaban J connectivity index is 2.02. The van der Waals surface area contributed by atoms with Crippen LogP contribution < -0.4 is 10.6 Å². The molecule has 106 valence electrons. The number of anilines is 3. The van der Waals surface area contributed by atoms with Crippen molar-refractivity contribution in [3.63, 3.8) is 0 Å². The number of benzene rings is 1. The number of hydrogen-bond donors (Lipinski definition) is 1. The molecule has 0 amide bonds. The monoisotopic (exact) mass is 282 g/mol. The molecule has 0 aliphatic heterocycles. The number of nitrogens with two attached hydrogens (primary N) is 1. The summed E-state index contributed by atoms with van der Waals surface area (Å²) >= 11 is 0. The van der Waals surface area contributed by atoms with E-state index in [1.165, 1.54) is 17.3 Å². The third-order valence-corrected chi connectivity index (χ3v) is 2.94. The summed E-state index contributed by atoms with van der Waals surface area (Å²) in [5.41, 5.74) is 7.87. The molecule has 1 aromatic carbocycles. The standard InChI is InChI=1S/C13H14N8/c1-9-4-3-5-10(6-9)20(2)12-17-11(14)18-13(19-12)21-8-15-7-16-21/h3-8H,1-2H3,(H2,14,17,18,19). The first kappa shape index (κ1) is 13.0. The van der Waals surface area contributed by atoms with E-state index in [1.54, 1.807) is 0 Å². The fourth-order valence-corrected chi connectivity index (χ4v) is 1.89. The van der Waals surface area contributed by atoms with Crippen molar-refractivity contribution in [1.29, 1.82) is 0 Å². The third kappa shape index (κ3) is 2.64. The first-order chi connectivity index (χ1) is 10.1. The van der Waals surface area contributed by atoms with Crippen LogP contribution in [0.5, 0.6) is 0 Å². The number of aromatic nitrogens is 6. The van der Waals surface area contributed by atoms with Crippen LogP contribution in [0, 0.1) is 6.92 Å². The molecule has 0 saturated carbocycles. The molecule has 3 rings (SSSR count). The van der Waals surface area contributed by atoms with Crippen molar-refractivity contribution >= 4 is 17.6 Å². The highest BCUT2D eigenvalue weighted by Crippen LogP contribution is 2.21. The van der Waals surface area contributed by atoms with Gasteiger partial charge >= 0.3 is 0 Å². The van der Waals surface area contributed by atoms with Crippen LogP contribution in [0.1, 0.15) is 5.56 Å². The van der Waals surface area contributed by atoms with Crippen molar-refractivity contribution in [3.8, 4) is 5.95 Å².